The fourth-order valence-corrected chi connectivity index (χ4v) is 1.44. The first-order valence-electron chi connectivity index (χ1n) is 4.08. The number of rotatable bonds is 2. The van der Waals surface area contributed by atoms with Gasteiger partial charge < -0.3 is 10.2 Å². The third-order valence-electron chi connectivity index (χ3n) is 1.97. The van der Waals surface area contributed by atoms with Crippen molar-refractivity contribution in [2.24, 2.45) is 0 Å². The molecule has 1 rings (SSSR count). The predicted molar refractivity (Wildman–Crippen MR) is 55.5 cm³/mol. The maximum absolute atomic E-state index is 9.51. The highest BCUT2D eigenvalue weighted by Crippen LogP contribution is 2.23. The number of aliphatic hydroxyl groups is 2. The lowest BCUT2D eigenvalue weighted by molar-refractivity contribution is 0.0527. The summed E-state index contributed by atoms with van der Waals surface area (Å²) in [7, 11) is 0. The van der Waals surface area contributed by atoms with Crippen LogP contribution in [0.15, 0.2) is 22.7 Å². The minimum atomic E-state index is -1.38. The second-order valence-electron chi connectivity index (χ2n) is 3.03. The van der Waals surface area contributed by atoms with Crippen LogP contribution >= 0.6 is 15.9 Å². The molecule has 2 N–H and O–H groups in total. The molecule has 4 heteroatoms. The second kappa shape index (κ2) is 4.56. The third-order valence-corrected chi connectivity index (χ3v) is 2.82. The van der Waals surface area contributed by atoms with Gasteiger partial charge in [0, 0.05) is 4.47 Å². The van der Waals surface area contributed by atoms with E-state index < -0.39 is 12.2 Å². The molecule has 2 unspecified atom stereocenters. The molecule has 0 heterocycles. The van der Waals surface area contributed by atoms with Crippen LogP contribution in [0.1, 0.15) is 17.2 Å². The van der Waals surface area contributed by atoms with Gasteiger partial charge >= 0.3 is 0 Å². The van der Waals surface area contributed by atoms with Gasteiger partial charge in [-0.1, -0.05) is 28.1 Å². The van der Waals surface area contributed by atoms with Crippen LogP contribution in [0, 0.1) is 18.3 Å². The van der Waals surface area contributed by atoms with E-state index in [2.05, 4.69) is 15.9 Å². The molecule has 0 aliphatic carbocycles. The Labute approximate surface area is 90.7 Å². The van der Waals surface area contributed by atoms with Crippen LogP contribution in [0.5, 0.6) is 0 Å². The van der Waals surface area contributed by atoms with E-state index in [1.54, 1.807) is 18.2 Å². The van der Waals surface area contributed by atoms with Crippen LogP contribution in [-0.2, 0) is 0 Å². The first-order chi connectivity index (χ1) is 6.56. The van der Waals surface area contributed by atoms with Crippen LogP contribution in [0.2, 0.25) is 0 Å². The minimum Gasteiger partial charge on any atom is -0.385 e. The number of nitrogens with zero attached hydrogens (tertiary/aromatic N) is 1. The van der Waals surface area contributed by atoms with Crippen molar-refractivity contribution in [1.82, 2.24) is 0 Å². The second-order valence-corrected chi connectivity index (χ2v) is 3.88. The molecule has 0 saturated carbocycles. The average molecular weight is 256 g/mol. The number of benzene rings is 1. The molecule has 1 aromatic carbocycles. The standard InChI is InChI=1S/C10H10BrNO2/c1-6-2-3-7(4-8(6)11)10(14)9(13)5-12/h2-4,9-10,13-14H,1H3. The highest BCUT2D eigenvalue weighted by Gasteiger charge is 2.17. The largest absolute Gasteiger partial charge is 0.385 e. The van der Waals surface area contributed by atoms with Crippen molar-refractivity contribution in [2.45, 2.75) is 19.1 Å². The van der Waals surface area contributed by atoms with Gasteiger partial charge in [-0.3, -0.25) is 0 Å². The third kappa shape index (κ3) is 2.32. The molecule has 0 amide bonds. The molecule has 0 saturated heterocycles. The van der Waals surface area contributed by atoms with Gasteiger partial charge in [0.25, 0.3) is 0 Å². The number of hydrogen-bond donors (Lipinski definition) is 2. The lowest BCUT2D eigenvalue weighted by Crippen LogP contribution is -2.15. The summed E-state index contributed by atoms with van der Waals surface area (Å²) in [5.41, 5.74) is 1.56. The van der Waals surface area contributed by atoms with E-state index in [-0.39, 0.29) is 0 Å². The van der Waals surface area contributed by atoms with Crippen molar-refractivity contribution in [1.29, 1.82) is 5.26 Å². The first kappa shape index (κ1) is 11.2. The van der Waals surface area contributed by atoms with Crippen molar-refractivity contribution in [2.75, 3.05) is 0 Å². The monoisotopic (exact) mass is 255 g/mol. The summed E-state index contributed by atoms with van der Waals surface area (Å²) in [6.07, 6.45) is -2.54. The van der Waals surface area contributed by atoms with E-state index in [1.165, 1.54) is 0 Å². The maximum atomic E-state index is 9.51. The molecular formula is C10H10BrNO2. The van der Waals surface area contributed by atoms with Gasteiger partial charge in [0.1, 0.15) is 6.10 Å². The quantitative estimate of drug-likeness (QED) is 0.791. The Kier molecular flexibility index (Phi) is 3.64. The first-order valence-corrected chi connectivity index (χ1v) is 4.87. The molecule has 0 aliphatic rings. The molecule has 3 nitrogen and oxygen atoms in total. The lowest BCUT2D eigenvalue weighted by Gasteiger charge is -2.12. The molecule has 0 spiro atoms. The van der Waals surface area contributed by atoms with Crippen molar-refractivity contribution < 1.29 is 10.2 Å². The Morgan fingerprint density at radius 1 is 1.43 bits per heavy atom. The molecule has 0 fully saturated rings. The van der Waals surface area contributed by atoms with Gasteiger partial charge in [0.05, 0.1) is 6.07 Å². The van der Waals surface area contributed by atoms with Crippen molar-refractivity contribution >= 4 is 15.9 Å². The fourth-order valence-electron chi connectivity index (χ4n) is 1.05. The Morgan fingerprint density at radius 2 is 2.07 bits per heavy atom. The Morgan fingerprint density at radius 3 is 2.57 bits per heavy atom. The lowest BCUT2D eigenvalue weighted by atomic mass is 10.0. The number of aliphatic hydroxyl groups excluding tert-OH is 2. The molecule has 14 heavy (non-hydrogen) atoms. The minimum absolute atomic E-state index is 0.525. The van der Waals surface area contributed by atoms with Gasteiger partial charge in [-0.15, -0.1) is 0 Å². The maximum Gasteiger partial charge on any atom is 0.170 e. The zero-order chi connectivity index (χ0) is 10.7. The summed E-state index contributed by atoms with van der Waals surface area (Å²) in [5.74, 6) is 0. The molecule has 2 atom stereocenters. The van der Waals surface area contributed by atoms with Crippen molar-refractivity contribution in [3.63, 3.8) is 0 Å². The summed E-state index contributed by atoms with van der Waals surface area (Å²) in [6, 6.07) is 6.78. The smallest absolute Gasteiger partial charge is 0.170 e. The number of hydrogen-bond acceptors (Lipinski definition) is 3. The van der Waals surface area contributed by atoms with Gasteiger partial charge in [0.15, 0.2) is 6.10 Å². The highest BCUT2D eigenvalue weighted by atomic mass is 79.9. The topological polar surface area (TPSA) is 64.2 Å². The zero-order valence-electron chi connectivity index (χ0n) is 7.61. The van der Waals surface area contributed by atoms with E-state index >= 15 is 0 Å². The Balaban J connectivity index is 2.98. The van der Waals surface area contributed by atoms with Gasteiger partial charge in [-0.2, -0.15) is 5.26 Å². The van der Waals surface area contributed by atoms with Gasteiger partial charge in [-0.05, 0) is 24.1 Å². The van der Waals surface area contributed by atoms with E-state index in [1.807, 2.05) is 13.0 Å². The summed E-state index contributed by atoms with van der Waals surface area (Å²) < 4.78 is 0.846. The summed E-state index contributed by atoms with van der Waals surface area (Å²) in [4.78, 5) is 0. The molecule has 0 aromatic heterocycles. The molecule has 1 aromatic rings. The van der Waals surface area contributed by atoms with E-state index in [0.717, 1.165) is 10.0 Å². The fraction of sp³-hybridized carbons (Fsp3) is 0.300. The zero-order valence-corrected chi connectivity index (χ0v) is 9.19. The molecule has 74 valence electrons. The SMILES string of the molecule is Cc1ccc(C(O)C(O)C#N)cc1Br. The van der Waals surface area contributed by atoms with Crippen molar-refractivity contribution in [3.05, 3.63) is 33.8 Å². The van der Waals surface area contributed by atoms with E-state index in [9.17, 15) is 5.11 Å². The average Bonchev–Trinajstić information content (AvgIpc) is 2.20. The van der Waals surface area contributed by atoms with E-state index in [4.69, 9.17) is 10.4 Å². The van der Waals surface area contributed by atoms with Gasteiger partial charge in [-0.25, -0.2) is 0 Å². The molecule has 0 bridgehead atoms. The van der Waals surface area contributed by atoms with Crippen LogP contribution < -0.4 is 0 Å². The van der Waals surface area contributed by atoms with Crippen LogP contribution in [0.25, 0.3) is 0 Å². The number of nitriles is 1. The summed E-state index contributed by atoms with van der Waals surface area (Å²) in [5, 5.41) is 27.0. The molecular weight excluding hydrogens is 246 g/mol. The normalized spacial score (nSPS) is 14.5. The molecule has 0 radical (unpaired) electrons. The van der Waals surface area contributed by atoms with Crippen molar-refractivity contribution in [3.8, 4) is 6.07 Å². The molecule has 0 aliphatic heterocycles. The Bertz CT molecular complexity index is 373. The van der Waals surface area contributed by atoms with Crippen LogP contribution in [0.3, 0.4) is 0 Å². The Hall–Kier alpha value is -0.890. The van der Waals surface area contributed by atoms with E-state index in [0.29, 0.717) is 5.56 Å². The summed E-state index contributed by atoms with van der Waals surface area (Å²) in [6.45, 7) is 1.92. The number of aryl methyl sites for hydroxylation is 1. The van der Waals surface area contributed by atoms with Gasteiger partial charge in [0.2, 0.25) is 0 Å². The number of halogens is 1. The van der Waals surface area contributed by atoms with Crippen LogP contribution in [0.4, 0.5) is 0 Å². The highest BCUT2D eigenvalue weighted by molar-refractivity contribution is 9.10. The van der Waals surface area contributed by atoms with Crippen LogP contribution in [-0.4, -0.2) is 16.3 Å². The summed E-state index contributed by atoms with van der Waals surface area (Å²) >= 11 is 3.31. The predicted octanol–water partition coefficient (Wildman–Crippen LogP) is 1.68.